The summed E-state index contributed by atoms with van der Waals surface area (Å²) in [5.41, 5.74) is 4.31. The summed E-state index contributed by atoms with van der Waals surface area (Å²) in [4.78, 5) is 55.5. The number of aryl methyl sites for hydroxylation is 1. The highest BCUT2D eigenvalue weighted by molar-refractivity contribution is 6.01. The molecule has 0 bridgehead atoms. The van der Waals surface area contributed by atoms with E-state index in [0.717, 1.165) is 43.4 Å². The summed E-state index contributed by atoms with van der Waals surface area (Å²) in [7, 11) is 0. The minimum absolute atomic E-state index is 0.0726. The van der Waals surface area contributed by atoms with Crippen LogP contribution < -0.4 is 15.5 Å². The summed E-state index contributed by atoms with van der Waals surface area (Å²) >= 11 is 0. The Labute approximate surface area is 269 Å². The molecule has 3 aromatic rings. The van der Waals surface area contributed by atoms with Crippen LogP contribution in [0.3, 0.4) is 0 Å². The molecule has 10 nitrogen and oxygen atoms in total. The van der Waals surface area contributed by atoms with E-state index in [-0.39, 0.29) is 24.2 Å². The Morgan fingerprint density at radius 2 is 1.54 bits per heavy atom. The van der Waals surface area contributed by atoms with Gasteiger partial charge in [0, 0.05) is 43.2 Å². The zero-order valence-electron chi connectivity index (χ0n) is 26.0. The highest BCUT2D eigenvalue weighted by Crippen LogP contribution is 2.32. The Hall–Kier alpha value is -5.17. The van der Waals surface area contributed by atoms with Crippen molar-refractivity contribution >= 4 is 35.1 Å². The average molecular weight is 622 g/mol. The van der Waals surface area contributed by atoms with Crippen molar-refractivity contribution < 1.29 is 24.3 Å². The normalized spacial score (nSPS) is 15.8. The van der Waals surface area contributed by atoms with Crippen molar-refractivity contribution in [1.29, 1.82) is 5.26 Å². The highest BCUT2D eigenvalue weighted by atomic mass is 16.4. The standard InChI is InChI=1S/C36H39N5O5/c1-24-7-11-26(12-8-24)30(22-33(42)43)38-35(45)29-15-16-32(31(21-29)39-34(44)27-5-3-2-4-6-27)40-17-19-41(20-18-40)36(46)28-13-9-25(23-37)10-14-28/h7-16,21,27,30H,2-6,17-20,22H2,1H3,(H,38,45)(H,39,44)(H,42,43). The number of benzene rings is 3. The van der Waals surface area contributed by atoms with Gasteiger partial charge < -0.3 is 25.5 Å². The lowest BCUT2D eigenvalue weighted by Crippen LogP contribution is -2.49. The molecule has 1 unspecified atom stereocenters. The molecule has 3 N–H and O–H groups in total. The minimum Gasteiger partial charge on any atom is -0.481 e. The molecule has 1 aliphatic heterocycles. The van der Waals surface area contributed by atoms with Gasteiger partial charge in [-0.25, -0.2) is 0 Å². The molecule has 0 spiro atoms. The van der Waals surface area contributed by atoms with Crippen LogP contribution in [-0.4, -0.2) is 59.9 Å². The summed E-state index contributed by atoms with van der Waals surface area (Å²) in [5, 5.41) is 24.6. The minimum atomic E-state index is -1.03. The summed E-state index contributed by atoms with van der Waals surface area (Å²) in [6.07, 6.45) is 4.51. The molecule has 10 heteroatoms. The van der Waals surface area contributed by atoms with Crippen LogP contribution in [-0.2, 0) is 9.59 Å². The van der Waals surface area contributed by atoms with Gasteiger partial charge in [-0.2, -0.15) is 5.26 Å². The van der Waals surface area contributed by atoms with Crippen LogP contribution >= 0.6 is 0 Å². The Bertz CT molecular complexity index is 1620. The first-order chi connectivity index (χ1) is 22.2. The predicted octanol–water partition coefficient (Wildman–Crippen LogP) is 5.29. The first-order valence-electron chi connectivity index (χ1n) is 15.8. The smallest absolute Gasteiger partial charge is 0.305 e. The van der Waals surface area contributed by atoms with Crippen LogP contribution in [0, 0.1) is 24.2 Å². The summed E-state index contributed by atoms with van der Waals surface area (Å²) in [6.45, 7) is 3.91. The Balaban J connectivity index is 1.35. The third-order valence-corrected chi connectivity index (χ3v) is 8.82. The van der Waals surface area contributed by atoms with Crippen molar-refractivity contribution in [1.82, 2.24) is 10.2 Å². The number of nitrogens with zero attached hydrogens (tertiary/aromatic N) is 3. The lowest BCUT2D eigenvalue weighted by molar-refractivity contribution is -0.137. The Morgan fingerprint density at radius 3 is 2.17 bits per heavy atom. The van der Waals surface area contributed by atoms with E-state index in [4.69, 9.17) is 5.26 Å². The zero-order valence-corrected chi connectivity index (χ0v) is 26.0. The maximum atomic E-state index is 13.5. The number of amides is 3. The number of carboxylic acid groups (broad SMARTS) is 1. The number of hydrogen-bond donors (Lipinski definition) is 3. The summed E-state index contributed by atoms with van der Waals surface area (Å²) < 4.78 is 0. The second kappa shape index (κ2) is 14.7. The molecule has 2 aliphatic rings. The van der Waals surface area contributed by atoms with Gasteiger partial charge >= 0.3 is 5.97 Å². The second-order valence-corrected chi connectivity index (χ2v) is 12.1. The number of anilines is 2. The van der Waals surface area contributed by atoms with Crippen molar-refractivity contribution in [2.75, 3.05) is 36.4 Å². The molecule has 1 atom stereocenters. The first-order valence-corrected chi connectivity index (χ1v) is 15.8. The van der Waals surface area contributed by atoms with Crippen molar-refractivity contribution in [3.63, 3.8) is 0 Å². The van der Waals surface area contributed by atoms with E-state index in [0.29, 0.717) is 54.1 Å². The topological polar surface area (TPSA) is 143 Å². The van der Waals surface area contributed by atoms with Crippen LogP contribution in [0.25, 0.3) is 0 Å². The van der Waals surface area contributed by atoms with E-state index < -0.39 is 17.9 Å². The summed E-state index contributed by atoms with van der Waals surface area (Å²) in [6, 6.07) is 20.5. The molecule has 1 saturated heterocycles. The van der Waals surface area contributed by atoms with Gasteiger partial charge in [0.1, 0.15) is 0 Å². The number of carboxylic acids is 1. The molecule has 3 aromatic carbocycles. The van der Waals surface area contributed by atoms with E-state index in [1.54, 1.807) is 41.3 Å². The molecular weight excluding hydrogens is 582 g/mol. The predicted molar refractivity (Wildman–Crippen MR) is 175 cm³/mol. The molecule has 5 rings (SSSR count). The Kier molecular flexibility index (Phi) is 10.3. The quantitative estimate of drug-likeness (QED) is 0.295. The molecule has 1 aliphatic carbocycles. The van der Waals surface area contributed by atoms with E-state index >= 15 is 0 Å². The van der Waals surface area contributed by atoms with Crippen LogP contribution in [0.5, 0.6) is 0 Å². The van der Waals surface area contributed by atoms with E-state index in [2.05, 4.69) is 21.6 Å². The molecule has 0 radical (unpaired) electrons. The van der Waals surface area contributed by atoms with Gasteiger partial charge in [0.05, 0.1) is 35.5 Å². The molecule has 1 saturated carbocycles. The largest absolute Gasteiger partial charge is 0.481 e. The van der Waals surface area contributed by atoms with Crippen LogP contribution in [0.1, 0.15) is 82.0 Å². The van der Waals surface area contributed by atoms with E-state index in [1.165, 1.54) is 0 Å². The lowest BCUT2D eigenvalue weighted by atomic mass is 9.88. The monoisotopic (exact) mass is 621 g/mol. The third-order valence-electron chi connectivity index (χ3n) is 8.82. The fourth-order valence-corrected chi connectivity index (χ4v) is 6.14. The van der Waals surface area contributed by atoms with Crippen LogP contribution in [0.4, 0.5) is 11.4 Å². The van der Waals surface area contributed by atoms with Crippen molar-refractivity contribution in [2.24, 2.45) is 5.92 Å². The van der Waals surface area contributed by atoms with Gasteiger partial charge in [-0.1, -0.05) is 49.1 Å². The number of piperazine rings is 1. The summed E-state index contributed by atoms with van der Waals surface area (Å²) in [5.74, 6) is -1.74. The van der Waals surface area contributed by atoms with Gasteiger partial charge in [0.2, 0.25) is 5.91 Å². The molecule has 3 amide bonds. The van der Waals surface area contributed by atoms with Crippen LogP contribution in [0.2, 0.25) is 0 Å². The number of hydrogen-bond acceptors (Lipinski definition) is 6. The van der Waals surface area contributed by atoms with Gasteiger partial charge in [0.15, 0.2) is 0 Å². The van der Waals surface area contributed by atoms with Gasteiger partial charge in [0.25, 0.3) is 11.8 Å². The number of nitriles is 1. The number of rotatable bonds is 9. The zero-order chi connectivity index (χ0) is 32.6. The van der Waals surface area contributed by atoms with Crippen molar-refractivity contribution in [2.45, 2.75) is 51.5 Å². The number of carbonyl (C=O) groups is 4. The molecular formula is C36H39N5O5. The Morgan fingerprint density at radius 1 is 0.891 bits per heavy atom. The molecule has 2 fully saturated rings. The van der Waals surface area contributed by atoms with Crippen molar-refractivity contribution in [3.05, 3.63) is 94.5 Å². The molecule has 46 heavy (non-hydrogen) atoms. The number of carbonyl (C=O) groups excluding carboxylic acids is 3. The van der Waals surface area contributed by atoms with Crippen molar-refractivity contribution in [3.8, 4) is 6.07 Å². The van der Waals surface area contributed by atoms with Gasteiger partial charge in [-0.05, 0) is 67.8 Å². The molecule has 0 aromatic heterocycles. The second-order valence-electron chi connectivity index (χ2n) is 12.1. The molecule has 1 heterocycles. The SMILES string of the molecule is Cc1ccc(C(CC(=O)O)NC(=O)c2ccc(N3CCN(C(=O)c4ccc(C#N)cc4)CC3)c(NC(=O)C3CCCCC3)c2)cc1. The average Bonchev–Trinajstić information content (AvgIpc) is 3.08. The van der Waals surface area contributed by atoms with Gasteiger partial charge in [-0.15, -0.1) is 0 Å². The fraction of sp³-hybridized carbons (Fsp3) is 0.361. The lowest BCUT2D eigenvalue weighted by Gasteiger charge is -2.37. The van der Waals surface area contributed by atoms with Gasteiger partial charge in [-0.3, -0.25) is 19.2 Å². The maximum Gasteiger partial charge on any atom is 0.305 e. The highest BCUT2D eigenvalue weighted by Gasteiger charge is 2.27. The van der Waals surface area contributed by atoms with E-state index in [9.17, 15) is 24.3 Å². The van der Waals surface area contributed by atoms with Crippen LogP contribution in [0.15, 0.2) is 66.7 Å². The van der Waals surface area contributed by atoms with E-state index in [1.807, 2.05) is 37.3 Å². The molecule has 238 valence electrons. The number of aliphatic carboxylic acids is 1. The fourth-order valence-electron chi connectivity index (χ4n) is 6.14. The third kappa shape index (κ3) is 7.91. The first kappa shape index (κ1) is 32.2. The number of nitrogens with one attached hydrogen (secondary N) is 2. The maximum absolute atomic E-state index is 13.5.